The second kappa shape index (κ2) is 12.2. The standard InChI is InChI=1S/C13H10O2S.C13H10S.CH5P.Mo.3O/c1-9-5-4-7-11-10-6-2-3-8-12(10)16(14,15)13(9)11;1-9-5-4-7-11-10-6-2-3-8-12(10)14-13(9)11;1-2;;;;/h2-8H,1H3;2-8H,1H3;2H2,1H3;;;;. The van der Waals surface area contributed by atoms with E-state index in [0.717, 1.165) is 16.7 Å². The van der Waals surface area contributed by atoms with Crippen molar-refractivity contribution in [2.45, 2.75) is 23.6 Å². The third-order valence-electron chi connectivity index (χ3n) is 5.55. The van der Waals surface area contributed by atoms with Crippen molar-refractivity contribution in [1.82, 2.24) is 0 Å². The summed E-state index contributed by atoms with van der Waals surface area (Å²) in [6.07, 6.45) is 0. The summed E-state index contributed by atoms with van der Waals surface area (Å²) in [5, 5.41) is 2.78. The molecule has 0 N–H and O–H groups in total. The molecule has 0 bridgehead atoms. The van der Waals surface area contributed by atoms with Gasteiger partial charge in [0.15, 0.2) is 0 Å². The maximum absolute atomic E-state index is 12.3. The van der Waals surface area contributed by atoms with E-state index < -0.39 is 27.0 Å². The van der Waals surface area contributed by atoms with E-state index in [9.17, 15) is 8.42 Å². The molecule has 1 aliphatic rings. The molecule has 5 aromatic rings. The Morgan fingerprint density at radius 2 is 1.19 bits per heavy atom. The molecule has 2 heterocycles. The van der Waals surface area contributed by atoms with E-state index in [1.54, 1.807) is 12.1 Å². The molecule has 6 rings (SSSR count). The molecule has 9 heteroatoms. The van der Waals surface area contributed by atoms with Gasteiger partial charge >= 0.3 is 27.4 Å². The molecule has 186 valence electrons. The second-order valence-corrected chi connectivity index (χ2v) is 11.6. The molecule has 1 aliphatic heterocycles. The number of aryl methyl sites for hydroxylation is 2. The van der Waals surface area contributed by atoms with Crippen LogP contribution < -0.4 is 0 Å². The Kier molecular flexibility index (Phi) is 9.54. The summed E-state index contributed by atoms with van der Waals surface area (Å²) in [5.41, 5.74) is 3.84. The van der Waals surface area contributed by atoms with E-state index in [1.807, 2.05) is 55.3 Å². The molecular weight excluding hydrogens is 595 g/mol. The van der Waals surface area contributed by atoms with Crippen molar-refractivity contribution in [3.8, 4) is 11.1 Å². The monoisotopic (exact) mass is 622 g/mol. The summed E-state index contributed by atoms with van der Waals surface area (Å²) in [7, 11) is -0.879. The number of hydrogen-bond acceptors (Lipinski definition) is 6. The maximum atomic E-state index is 12.3. The SMILES string of the molecule is CP.Cc1cccc2c1S(=O)(=O)c1ccccc1-2.Cc1cccc2c1sc1ccccc12.[O]=[Mo](=[O])=[O]. The third kappa shape index (κ3) is 5.76. The van der Waals surface area contributed by atoms with Crippen molar-refractivity contribution >= 4 is 50.6 Å². The van der Waals surface area contributed by atoms with Crippen molar-refractivity contribution in [2.75, 3.05) is 6.66 Å². The molecule has 0 amide bonds. The van der Waals surface area contributed by atoms with E-state index in [0.29, 0.717) is 9.79 Å². The van der Waals surface area contributed by atoms with Crippen LogP contribution in [0.2, 0.25) is 0 Å². The first-order valence-corrected chi connectivity index (χ1v) is 16.8. The fourth-order valence-corrected chi connectivity index (χ4v) is 7.22. The van der Waals surface area contributed by atoms with Gasteiger partial charge in [-0.25, -0.2) is 8.42 Å². The molecule has 1 unspecified atom stereocenters. The Hall–Kier alpha value is -2.43. The Morgan fingerprint density at radius 3 is 1.92 bits per heavy atom. The van der Waals surface area contributed by atoms with Crippen LogP contribution in [0.15, 0.2) is 94.7 Å². The number of rotatable bonds is 0. The van der Waals surface area contributed by atoms with E-state index in [2.05, 4.69) is 58.6 Å². The van der Waals surface area contributed by atoms with Gasteiger partial charge in [0, 0.05) is 31.3 Å². The zero-order valence-electron chi connectivity index (χ0n) is 19.9. The number of hydrogen-bond donors (Lipinski definition) is 0. The van der Waals surface area contributed by atoms with Crippen molar-refractivity contribution in [2.24, 2.45) is 0 Å². The molecule has 0 saturated heterocycles. The van der Waals surface area contributed by atoms with Gasteiger partial charge in [-0.1, -0.05) is 79.5 Å². The average molecular weight is 621 g/mol. The number of benzene rings is 4. The van der Waals surface area contributed by atoms with Gasteiger partial charge in [0.2, 0.25) is 9.84 Å². The molecular formula is C27H25MoO5PS2. The predicted octanol–water partition coefficient (Wildman–Crippen LogP) is 7.30. The number of fused-ring (bicyclic) bond motifs is 6. The predicted molar refractivity (Wildman–Crippen MR) is 144 cm³/mol. The molecule has 0 aliphatic carbocycles. The van der Waals surface area contributed by atoms with Gasteiger partial charge in [-0.2, -0.15) is 0 Å². The Balaban J connectivity index is 0.000000166. The Morgan fingerprint density at radius 1 is 0.667 bits per heavy atom. The van der Waals surface area contributed by atoms with Crippen molar-refractivity contribution in [3.63, 3.8) is 0 Å². The minimum atomic E-state index is -4.11. The van der Waals surface area contributed by atoms with Crippen LogP contribution in [-0.2, 0) is 37.2 Å². The zero-order valence-corrected chi connectivity index (χ0v) is 24.7. The van der Waals surface area contributed by atoms with E-state index in [1.165, 1.54) is 25.7 Å². The van der Waals surface area contributed by atoms with Crippen LogP contribution in [0.1, 0.15) is 11.1 Å². The van der Waals surface area contributed by atoms with E-state index in [4.69, 9.17) is 10.2 Å². The van der Waals surface area contributed by atoms with Crippen LogP contribution in [0.3, 0.4) is 0 Å². The van der Waals surface area contributed by atoms with Crippen LogP contribution in [0, 0.1) is 13.8 Å². The third-order valence-corrected chi connectivity index (χ3v) is 8.88. The molecule has 0 radical (unpaired) electrons. The first-order valence-electron chi connectivity index (χ1n) is 10.9. The van der Waals surface area contributed by atoms with E-state index in [-0.39, 0.29) is 0 Å². The number of sulfone groups is 1. The summed E-state index contributed by atoms with van der Waals surface area (Å²) in [4.78, 5) is 0.899. The van der Waals surface area contributed by atoms with Gasteiger partial charge in [0.25, 0.3) is 0 Å². The van der Waals surface area contributed by atoms with Gasteiger partial charge in [-0.3, -0.25) is 0 Å². The van der Waals surface area contributed by atoms with Gasteiger partial charge < -0.3 is 0 Å². The Labute approximate surface area is 222 Å². The van der Waals surface area contributed by atoms with Crippen LogP contribution in [0.4, 0.5) is 0 Å². The van der Waals surface area contributed by atoms with Crippen LogP contribution in [0.5, 0.6) is 0 Å². The molecule has 4 aromatic carbocycles. The van der Waals surface area contributed by atoms with Gasteiger partial charge in [0.05, 0.1) is 9.79 Å². The number of thiophene rings is 1. The topological polar surface area (TPSA) is 85.3 Å². The second-order valence-electron chi connectivity index (χ2n) is 7.71. The van der Waals surface area contributed by atoms with Crippen molar-refractivity contribution < 1.29 is 35.8 Å². The summed E-state index contributed by atoms with van der Waals surface area (Å²) in [5.74, 6) is 0. The first kappa shape index (κ1) is 28.1. The quantitative estimate of drug-likeness (QED) is 0.131. The van der Waals surface area contributed by atoms with E-state index >= 15 is 0 Å². The summed E-state index contributed by atoms with van der Waals surface area (Å²) in [6, 6.07) is 27.9. The summed E-state index contributed by atoms with van der Waals surface area (Å²) >= 11 is -2.22. The fraction of sp³-hybridized carbons (Fsp3) is 0.111. The fourth-order valence-electron chi connectivity index (χ4n) is 4.14. The first-order chi connectivity index (χ1) is 17.2. The van der Waals surface area contributed by atoms with Gasteiger partial charge in [0.1, 0.15) is 0 Å². The van der Waals surface area contributed by atoms with Crippen molar-refractivity contribution in [1.29, 1.82) is 0 Å². The molecule has 0 fully saturated rings. The zero-order chi connectivity index (χ0) is 26.5. The van der Waals surface area contributed by atoms with Crippen LogP contribution in [-0.4, -0.2) is 15.1 Å². The molecule has 1 aromatic heterocycles. The summed E-state index contributed by atoms with van der Waals surface area (Å²) < 4.78 is 53.2. The van der Waals surface area contributed by atoms with Gasteiger partial charge in [-0.05, 0) is 37.1 Å². The molecule has 0 saturated carbocycles. The van der Waals surface area contributed by atoms with Crippen LogP contribution in [0.25, 0.3) is 31.3 Å². The van der Waals surface area contributed by atoms with Crippen molar-refractivity contribution in [3.05, 3.63) is 96.1 Å². The molecule has 5 nitrogen and oxygen atoms in total. The van der Waals surface area contributed by atoms with Crippen LogP contribution >= 0.6 is 20.6 Å². The molecule has 0 spiro atoms. The normalized spacial score (nSPS) is 12.1. The summed E-state index contributed by atoms with van der Waals surface area (Å²) in [6.45, 7) is 5.93. The average Bonchev–Trinajstić information content (AvgIpc) is 3.36. The Bertz CT molecular complexity index is 1750. The van der Waals surface area contributed by atoms with Gasteiger partial charge in [-0.15, -0.1) is 20.6 Å². The molecule has 1 atom stereocenters. The minimum absolute atomic E-state index is 0.430. The molecule has 36 heavy (non-hydrogen) atoms.